The number of nitrogens with zero attached hydrogens (tertiary/aromatic N) is 1. The molecule has 0 spiro atoms. The van der Waals surface area contributed by atoms with Gasteiger partial charge in [-0.1, -0.05) is 0 Å². The van der Waals surface area contributed by atoms with Crippen LogP contribution in [0, 0.1) is 0 Å². The zero-order valence-electron chi connectivity index (χ0n) is 4.33. The van der Waals surface area contributed by atoms with Crippen molar-refractivity contribution in [2.75, 3.05) is 26.3 Å². The molecule has 0 aliphatic carbocycles. The van der Waals surface area contributed by atoms with Crippen LogP contribution in [-0.2, 0) is 37.2 Å². The van der Waals surface area contributed by atoms with Gasteiger partial charge in [-0.2, -0.15) is 0 Å². The molecule has 2 nitrogen and oxygen atoms in total. The van der Waals surface area contributed by atoms with Crippen LogP contribution in [0.4, 0.5) is 0 Å². The van der Waals surface area contributed by atoms with Crippen LogP contribution in [-0.4, -0.2) is 30.3 Å². The molecule has 54 valence electrons. The van der Waals surface area contributed by atoms with Crippen LogP contribution in [0.1, 0.15) is 0 Å². The van der Waals surface area contributed by atoms with Gasteiger partial charge in [0.1, 0.15) is 0 Å². The summed E-state index contributed by atoms with van der Waals surface area (Å²) in [6, 6.07) is 0. The van der Waals surface area contributed by atoms with Crippen LogP contribution in [0.3, 0.4) is 0 Å². The van der Waals surface area contributed by atoms with E-state index in [-0.39, 0.29) is 16.5 Å². The Labute approximate surface area is 67.7 Å². The van der Waals surface area contributed by atoms with Crippen molar-refractivity contribution in [2.24, 2.45) is 0 Å². The van der Waals surface area contributed by atoms with Crippen LogP contribution in [0.5, 0.6) is 0 Å². The molecule has 1 heterocycles. The normalized spacial score (nSPS) is 22.2. The first-order chi connectivity index (χ1) is 3.39. The van der Waals surface area contributed by atoms with Crippen molar-refractivity contribution in [3.63, 3.8) is 0 Å². The molecule has 0 atom stereocenters. The van der Waals surface area contributed by atoms with Gasteiger partial charge in [-0.05, 0) is 0 Å². The van der Waals surface area contributed by atoms with Gasteiger partial charge < -0.3 is 0 Å². The maximum Gasteiger partial charge on any atom is 0 e. The van der Waals surface area contributed by atoms with Gasteiger partial charge in [0.2, 0.25) is 0 Å². The molecule has 0 radical (unpaired) electrons. The molecule has 0 aromatic carbocycles. The summed E-state index contributed by atoms with van der Waals surface area (Å²) in [5, 5.41) is 0. The average Bonchev–Trinajstić information content (AvgIpc) is 1.69. The largest absolute Gasteiger partial charge is 0 e. The number of rotatable bonds is 0. The minimum Gasteiger partial charge on any atom is 0 e. The third kappa shape index (κ3) is 3.05. The smallest absolute Gasteiger partial charge is 0 e. The average molecular weight is 204 g/mol. The Morgan fingerprint density at radius 1 is 1.25 bits per heavy atom. The first kappa shape index (κ1) is 8.92. The minimum absolute atomic E-state index is 0. The van der Waals surface area contributed by atoms with Crippen LogP contribution < -0.4 is 0 Å². The van der Waals surface area contributed by atoms with Crippen LogP contribution in [0.25, 0.3) is 0 Å². The Morgan fingerprint density at radius 2 is 1.75 bits per heavy atom. The zero-order chi connectivity index (χ0) is 5.11. The quantitative estimate of drug-likeness (QED) is 0.505. The fraction of sp³-hybridized carbons (Fsp3) is 1.00. The van der Waals surface area contributed by atoms with E-state index in [9.17, 15) is 0 Å². The third-order valence-electron chi connectivity index (χ3n) is 0.937. The summed E-state index contributed by atoms with van der Waals surface area (Å²) in [5.41, 5.74) is 0. The Morgan fingerprint density at radius 3 is 2.00 bits per heavy atom. The summed E-state index contributed by atoms with van der Waals surface area (Å²) in [6.07, 6.45) is 0. The van der Waals surface area contributed by atoms with Crippen LogP contribution in [0.2, 0.25) is 0 Å². The molecule has 8 heavy (non-hydrogen) atoms. The van der Waals surface area contributed by atoms with E-state index in [0.717, 1.165) is 26.3 Å². The number of morpholine rings is 1. The Hall–Kier alpha value is 0.920. The Balaban J connectivity index is 0.000000490. The molecule has 0 amide bonds. The fourth-order valence-electron chi connectivity index (χ4n) is 0.533. The van der Waals surface area contributed by atoms with Gasteiger partial charge in [-0.25, -0.2) is 0 Å². The predicted octanol–water partition coefficient (Wildman–Crippen LogP) is -0.222. The van der Waals surface area contributed by atoms with Crippen LogP contribution >= 0.6 is 0 Å². The monoisotopic (exact) mass is 203 g/mol. The predicted molar refractivity (Wildman–Crippen MR) is 22.4 cm³/mol. The van der Waals surface area contributed by atoms with Gasteiger partial charge in [0, 0.05) is 16.5 Å². The Kier molecular flexibility index (Phi) is 5.31. The van der Waals surface area contributed by atoms with Crippen molar-refractivity contribution in [1.82, 2.24) is 3.95 Å². The van der Waals surface area contributed by atoms with Gasteiger partial charge >= 0.3 is 50.9 Å². The second kappa shape index (κ2) is 4.77. The van der Waals surface area contributed by atoms with Gasteiger partial charge in [-0.3, -0.25) is 0 Å². The fourth-order valence-corrected chi connectivity index (χ4v) is 0.723. The van der Waals surface area contributed by atoms with Crippen molar-refractivity contribution < 1.29 is 37.2 Å². The van der Waals surface area contributed by atoms with E-state index in [1.807, 2.05) is 3.95 Å². The second-order valence-electron chi connectivity index (χ2n) is 1.49. The topological polar surface area (TPSA) is 12.5 Å². The first-order valence-corrected chi connectivity index (χ1v) is 2.82. The summed E-state index contributed by atoms with van der Waals surface area (Å²) in [5.74, 6) is 0. The van der Waals surface area contributed by atoms with Gasteiger partial charge in [0.25, 0.3) is 0 Å². The second-order valence-corrected chi connectivity index (χ2v) is 2.15. The summed E-state index contributed by atoms with van der Waals surface area (Å²) >= 11 is 4.16. The van der Waals surface area contributed by atoms with Gasteiger partial charge in [0.05, 0.1) is 0 Å². The SMILES string of the molecule is [Co][N]1CCOCC1.[Ni]. The van der Waals surface area contributed by atoms with Crippen molar-refractivity contribution in [3.05, 3.63) is 0 Å². The molecule has 1 fully saturated rings. The van der Waals surface area contributed by atoms with Gasteiger partial charge in [0.15, 0.2) is 0 Å². The molecule has 1 rings (SSSR count). The van der Waals surface area contributed by atoms with Crippen molar-refractivity contribution in [1.29, 1.82) is 0 Å². The van der Waals surface area contributed by atoms with E-state index in [1.165, 1.54) is 0 Å². The molecule has 1 aliphatic heterocycles. The number of hydrogen-bond donors (Lipinski definition) is 0. The summed E-state index contributed by atoms with van der Waals surface area (Å²) in [7, 11) is 0. The van der Waals surface area contributed by atoms with E-state index in [1.54, 1.807) is 0 Å². The van der Waals surface area contributed by atoms with E-state index in [0.29, 0.717) is 0 Å². The van der Waals surface area contributed by atoms with Crippen molar-refractivity contribution in [2.45, 2.75) is 0 Å². The first-order valence-electron chi connectivity index (χ1n) is 2.36. The van der Waals surface area contributed by atoms with Crippen molar-refractivity contribution in [3.8, 4) is 0 Å². The molecular weight excluding hydrogens is 196 g/mol. The number of ether oxygens (including phenoxy) is 1. The van der Waals surface area contributed by atoms with E-state index in [4.69, 9.17) is 4.74 Å². The van der Waals surface area contributed by atoms with E-state index < -0.39 is 0 Å². The summed E-state index contributed by atoms with van der Waals surface area (Å²) < 4.78 is 7.00. The zero-order valence-corrected chi connectivity index (χ0v) is 6.36. The molecule has 0 aromatic rings. The van der Waals surface area contributed by atoms with Gasteiger partial charge in [-0.15, -0.1) is 0 Å². The molecule has 0 N–H and O–H groups in total. The molecule has 0 aromatic heterocycles. The van der Waals surface area contributed by atoms with E-state index >= 15 is 0 Å². The van der Waals surface area contributed by atoms with Crippen molar-refractivity contribution >= 4 is 0 Å². The standard InChI is InChI=1S/C4H8NO.Co.Ni/c1-3-6-4-2-5-1;;/h1-4H2;;/q-1;+1;. The molecule has 1 aliphatic rings. The summed E-state index contributed by atoms with van der Waals surface area (Å²) in [4.78, 5) is 0. The molecule has 0 unspecified atom stereocenters. The molecule has 4 heteroatoms. The summed E-state index contributed by atoms with van der Waals surface area (Å²) in [6.45, 7) is 3.59. The maximum absolute atomic E-state index is 5.05. The minimum atomic E-state index is 0. The molecule has 0 saturated carbocycles. The third-order valence-corrected chi connectivity index (χ3v) is 1.40. The molecular formula is C4H8CoNNiO. The Bertz CT molecular complexity index is 58.0. The van der Waals surface area contributed by atoms with E-state index in [2.05, 4.69) is 16.0 Å². The molecule has 1 saturated heterocycles. The number of hydrogen-bond acceptors (Lipinski definition) is 2. The molecule has 0 bridgehead atoms. The maximum atomic E-state index is 5.05. The van der Waals surface area contributed by atoms with Crippen LogP contribution in [0.15, 0.2) is 0 Å².